The minimum atomic E-state index is -0.510. The molecule has 0 aliphatic carbocycles. The zero-order valence-electron chi connectivity index (χ0n) is 16.8. The van der Waals surface area contributed by atoms with Gasteiger partial charge in [-0.15, -0.1) is 0 Å². The number of nitrogens with two attached hydrogens (primary N) is 1. The van der Waals surface area contributed by atoms with Crippen molar-refractivity contribution in [1.29, 1.82) is 0 Å². The van der Waals surface area contributed by atoms with E-state index in [0.717, 1.165) is 5.56 Å². The number of hydrogen-bond acceptors (Lipinski definition) is 6. The van der Waals surface area contributed by atoms with Gasteiger partial charge in [0.2, 0.25) is 11.7 Å². The van der Waals surface area contributed by atoms with Gasteiger partial charge in [0.1, 0.15) is 12.1 Å². The molecule has 156 valence electrons. The van der Waals surface area contributed by atoms with Gasteiger partial charge in [0, 0.05) is 36.8 Å². The van der Waals surface area contributed by atoms with Gasteiger partial charge in [-0.25, -0.2) is 9.79 Å². The maximum Gasteiger partial charge on any atom is 0.410 e. The normalized spacial score (nSPS) is 15.5. The fourth-order valence-electron chi connectivity index (χ4n) is 2.73. The molecule has 2 aromatic rings. The largest absolute Gasteiger partial charge is 0.444 e. The van der Waals surface area contributed by atoms with E-state index in [2.05, 4.69) is 15.1 Å². The number of carbonyl (C=O) groups excluding carboxylic acids is 1. The molecule has 1 aromatic carbocycles. The molecule has 10 heteroatoms. The van der Waals surface area contributed by atoms with E-state index < -0.39 is 5.60 Å². The topological polar surface area (TPSA) is 110 Å². The third-order valence-corrected chi connectivity index (χ3v) is 4.45. The summed E-state index contributed by atoms with van der Waals surface area (Å²) in [7, 11) is 0. The Bertz CT molecular complexity index is 867. The number of hydrogen-bond donors (Lipinski definition) is 1. The number of benzene rings is 1. The van der Waals surface area contributed by atoms with Crippen LogP contribution in [0.3, 0.4) is 0 Å². The van der Waals surface area contributed by atoms with E-state index in [9.17, 15) is 4.79 Å². The van der Waals surface area contributed by atoms with Gasteiger partial charge >= 0.3 is 6.09 Å². The summed E-state index contributed by atoms with van der Waals surface area (Å²) in [6.45, 7) is 7.92. The van der Waals surface area contributed by atoms with Crippen molar-refractivity contribution in [3.63, 3.8) is 0 Å². The molecule has 29 heavy (non-hydrogen) atoms. The first-order valence-electron chi connectivity index (χ1n) is 9.32. The SMILES string of the molecule is CC(C)(C)OC(=O)N1CCN(C(N)=NCc2nc(-c3ccc(Cl)cc3)no2)CC1. The lowest BCUT2D eigenvalue weighted by molar-refractivity contribution is 0.0186. The Morgan fingerprint density at radius 2 is 1.83 bits per heavy atom. The van der Waals surface area contributed by atoms with E-state index in [1.165, 1.54) is 0 Å². The Morgan fingerprint density at radius 1 is 1.21 bits per heavy atom. The van der Waals surface area contributed by atoms with Gasteiger partial charge in [-0.1, -0.05) is 16.8 Å². The summed E-state index contributed by atoms with van der Waals surface area (Å²) in [6.07, 6.45) is -0.312. The quantitative estimate of drug-likeness (QED) is 0.600. The number of halogens is 1. The molecule has 1 aliphatic rings. The van der Waals surface area contributed by atoms with Crippen molar-refractivity contribution in [2.75, 3.05) is 26.2 Å². The second-order valence-corrected chi connectivity index (χ2v) is 8.08. The highest BCUT2D eigenvalue weighted by Gasteiger charge is 2.26. The number of nitrogens with zero attached hydrogens (tertiary/aromatic N) is 5. The summed E-state index contributed by atoms with van der Waals surface area (Å²) in [4.78, 5) is 24.4. The van der Waals surface area contributed by atoms with Gasteiger partial charge < -0.3 is 24.8 Å². The predicted octanol–water partition coefficient (Wildman–Crippen LogP) is 2.76. The maximum atomic E-state index is 12.1. The minimum absolute atomic E-state index is 0.179. The molecule has 9 nitrogen and oxygen atoms in total. The molecule has 2 heterocycles. The number of aliphatic imine (C=N–C) groups is 1. The van der Waals surface area contributed by atoms with Crippen molar-refractivity contribution < 1.29 is 14.1 Å². The highest BCUT2D eigenvalue weighted by Crippen LogP contribution is 2.19. The number of piperazine rings is 1. The monoisotopic (exact) mass is 420 g/mol. The van der Waals surface area contributed by atoms with Crippen LogP contribution in [-0.4, -0.2) is 63.8 Å². The van der Waals surface area contributed by atoms with E-state index in [1.807, 2.05) is 37.8 Å². The third kappa shape index (κ3) is 5.83. The first-order valence-corrected chi connectivity index (χ1v) is 9.70. The number of guanidine groups is 1. The van der Waals surface area contributed by atoms with Crippen molar-refractivity contribution >= 4 is 23.7 Å². The third-order valence-electron chi connectivity index (χ3n) is 4.20. The molecule has 0 unspecified atom stereocenters. The van der Waals surface area contributed by atoms with Crippen LogP contribution in [0.25, 0.3) is 11.4 Å². The number of aromatic nitrogens is 2. The highest BCUT2D eigenvalue weighted by molar-refractivity contribution is 6.30. The molecule has 0 atom stereocenters. The number of amides is 1. The van der Waals surface area contributed by atoms with Crippen molar-refractivity contribution in [1.82, 2.24) is 19.9 Å². The Labute approximate surface area is 174 Å². The molecule has 2 N–H and O–H groups in total. The number of ether oxygens (including phenoxy) is 1. The Hall–Kier alpha value is -2.81. The van der Waals surface area contributed by atoms with Crippen molar-refractivity contribution in [3.8, 4) is 11.4 Å². The van der Waals surface area contributed by atoms with Gasteiger partial charge in [0.15, 0.2) is 5.96 Å². The van der Waals surface area contributed by atoms with Gasteiger partial charge in [0.05, 0.1) is 0 Å². The van der Waals surface area contributed by atoms with Crippen LogP contribution >= 0.6 is 11.6 Å². The smallest absolute Gasteiger partial charge is 0.410 e. The zero-order chi connectivity index (χ0) is 21.0. The Balaban J connectivity index is 1.52. The van der Waals surface area contributed by atoms with Crippen LogP contribution in [-0.2, 0) is 11.3 Å². The van der Waals surface area contributed by atoms with Crippen LogP contribution in [0.15, 0.2) is 33.8 Å². The van der Waals surface area contributed by atoms with Gasteiger partial charge in [-0.2, -0.15) is 4.98 Å². The molecule has 1 saturated heterocycles. The lowest BCUT2D eigenvalue weighted by atomic mass is 10.2. The Kier molecular flexibility index (Phi) is 6.26. The van der Waals surface area contributed by atoms with E-state index >= 15 is 0 Å². The van der Waals surface area contributed by atoms with Crippen molar-refractivity contribution in [2.45, 2.75) is 32.9 Å². The first-order chi connectivity index (χ1) is 13.7. The average molecular weight is 421 g/mol. The van der Waals surface area contributed by atoms with E-state index in [0.29, 0.717) is 48.9 Å². The van der Waals surface area contributed by atoms with Crippen LogP contribution in [0, 0.1) is 0 Å². The van der Waals surface area contributed by atoms with Gasteiger partial charge in [-0.05, 0) is 45.0 Å². The highest BCUT2D eigenvalue weighted by atomic mass is 35.5. The summed E-state index contributed by atoms with van der Waals surface area (Å²) in [5.41, 5.74) is 6.39. The molecule has 0 radical (unpaired) electrons. The fraction of sp³-hybridized carbons (Fsp3) is 0.474. The predicted molar refractivity (Wildman–Crippen MR) is 109 cm³/mol. The second kappa shape index (κ2) is 8.69. The fourth-order valence-corrected chi connectivity index (χ4v) is 2.85. The lowest BCUT2D eigenvalue weighted by Crippen LogP contribution is -2.53. The molecule has 0 spiro atoms. The van der Waals surface area contributed by atoms with E-state index in [4.69, 9.17) is 26.6 Å². The van der Waals surface area contributed by atoms with Crippen LogP contribution in [0.4, 0.5) is 4.79 Å². The molecular weight excluding hydrogens is 396 g/mol. The maximum absolute atomic E-state index is 12.1. The summed E-state index contributed by atoms with van der Waals surface area (Å²) in [6, 6.07) is 7.16. The second-order valence-electron chi connectivity index (χ2n) is 7.65. The molecule has 0 saturated carbocycles. The molecule has 1 fully saturated rings. The van der Waals surface area contributed by atoms with Crippen LogP contribution < -0.4 is 5.73 Å². The standard InChI is InChI=1S/C19H25ClN6O3/c1-19(2,3)28-18(27)26-10-8-25(9-11-26)17(21)22-12-15-23-16(24-29-15)13-4-6-14(20)7-5-13/h4-7H,8-12H2,1-3H3,(H2,21,22). The molecular formula is C19H25ClN6O3. The summed E-state index contributed by atoms with van der Waals surface area (Å²) < 4.78 is 10.6. The minimum Gasteiger partial charge on any atom is -0.444 e. The van der Waals surface area contributed by atoms with Gasteiger partial charge in [-0.3, -0.25) is 0 Å². The average Bonchev–Trinajstić information content (AvgIpc) is 3.14. The van der Waals surface area contributed by atoms with Crippen molar-refractivity contribution in [2.24, 2.45) is 10.7 Å². The van der Waals surface area contributed by atoms with Crippen LogP contribution in [0.5, 0.6) is 0 Å². The zero-order valence-corrected chi connectivity index (χ0v) is 17.5. The first kappa shape index (κ1) is 20.9. The van der Waals surface area contributed by atoms with E-state index in [-0.39, 0.29) is 12.6 Å². The molecule has 1 aliphatic heterocycles. The summed E-state index contributed by atoms with van der Waals surface area (Å²) >= 11 is 5.89. The summed E-state index contributed by atoms with van der Waals surface area (Å²) in [5, 5.41) is 4.59. The number of carbonyl (C=O) groups is 1. The van der Waals surface area contributed by atoms with Crippen molar-refractivity contribution in [3.05, 3.63) is 35.2 Å². The molecule has 1 aromatic heterocycles. The summed E-state index contributed by atoms with van der Waals surface area (Å²) in [5.74, 6) is 1.21. The van der Waals surface area contributed by atoms with Crippen LogP contribution in [0.2, 0.25) is 5.02 Å². The van der Waals surface area contributed by atoms with Crippen LogP contribution in [0.1, 0.15) is 26.7 Å². The Morgan fingerprint density at radius 3 is 2.45 bits per heavy atom. The van der Waals surface area contributed by atoms with E-state index in [1.54, 1.807) is 17.0 Å². The molecule has 1 amide bonds. The number of rotatable bonds is 3. The molecule has 3 rings (SSSR count). The van der Waals surface area contributed by atoms with Gasteiger partial charge in [0.25, 0.3) is 0 Å². The molecule has 0 bridgehead atoms. The lowest BCUT2D eigenvalue weighted by Gasteiger charge is -2.36.